The molecule has 0 N–H and O–H groups in total. The van der Waals surface area contributed by atoms with Gasteiger partial charge in [0.1, 0.15) is 4.60 Å². The summed E-state index contributed by atoms with van der Waals surface area (Å²) >= 11 is 4.98. The van der Waals surface area contributed by atoms with Crippen molar-refractivity contribution in [3.05, 3.63) is 27.4 Å². The van der Waals surface area contributed by atoms with E-state index in [4.69, 9.17) is 0 Å². The Morgan fingerprint density at radius 3 is 3.00 bits per heavy atom. The highest BCUT2D eigenvalue weighted by Crippen LogP contribution is 2.05. The third kappa shape index (κ3) is 2.35. The van der Waals surface area contributed by atoms with Crippen LogP contribution in [0.5, 0.6) is 0 Å². The zero-order valence-electron chi connectivity index (χ0n) is 6.66. The van der Waals surface area contributed by atoms with Gasteiger partial charge in [0.25, 0.3) is 5.56 Å². The first-order valence-corrected chi connectivity index (χ1v) is 5.63. The highest BCUT2D eigenvalue weighted by atomic mass is 79.9. The van der Waals surface area contributed by atoms with Crippen LogP contribution in [0.2, 0.25) is 0 Å². The van der Waals surface area contributed by atoms with E-state index >= 15 is 0 Å². The van der Waals surface area contributed by atoms with Gasteiger partial charge in [-0.3, -0.25) is 14.3 Å². The molecule has 0 amide bonds. The van der Waals surface area contributed by atoms with E-state index in [-0.39, 0.29) is 5.56 Å². The Labute approximate surface area is 83.3 Å². The molecular weight excluding hydrogens is 240 g/mol. The van der Waals surface area contributed by atoms with Crippen molar-refractivity contribution in [2.75, 3.05) is 12.0 Å². The van der Waals surface area contributed by atoms with Crippen molar-refractivity contribution in [3.8, 4) is 0 Å². The van der Waals surface area contributed by atoms with E-state index < -0.39 is 0 Å². The van der Waals surface area contributed by atoms with Gasteiger partial charge in [0.15, 0.2) is 0 Å². The van der Waals surface area contributed by atoms with Crippen LogP contribution in [0.4, 0.5) is 0 Å². The molecule has 12 heavy (non-hydrogen) atoms. The molecule has 0 aliphatic heterocycles. The summed E-state index contributed by atoms with van der Waals surface area (Å²) in [6.45, 7) is 0.725. The van der Waals surface area contributed by atoms with E-state index in [1.807, 2.05) is 6.26 Å². The lowest BCUT2D eigenvalue weighted by Crippen LogP contribution is -2.21. The summed E-state index contributed by atoms with van der Waals surface area (Å²) in [4.78, 5) is 15.0. The third-order valence-electron chi connectivity index (χ3n) is 1.41. The number of thioether (sulfide) groups is 1. The van der Waals surface area contributed by atoms with Gasteiger partial charge < -0.3 is 0 Å². The number of hydrogen-bond donors (Lipinski definition) is 0. The molecule has 5 heteroatoms. The molecule has 0 aliphatic carbocycles. The summed E-state index contributed by atoms with van der Waals surface area (Å²) in [5, 5.41) is 0. The molecule has 0 unspecified atom stereocenters. The average Bonchev–Trinajstić information content (AvgIpc) is 2.04. The molecule has 0 bridgehead atoms. The van der Waals surface area contributed by atoms with Gasteiger partial charge >= 0.3 is 0 Å². The number of hydrogen-bond acceptors (Lipinski definition) is 3. The smallest absolute Gasteiger partial charge is 0.269 e. The summed E-state index contributed by atoms with van der Waals surface area (Å²) in [7, 11) is 0. The Morgan fingerprint density at radius 1 is 1.67 bits per heavy atom. The fourth-order valence-corrected chi connectivity index (χ4v) is 1.64. The summed E-state index contributed by atoms with van der Waals surface area (Å²) in [5.74, 6) is 0.933. The molecule has 1 heterocycles. The normalized spacial score (nSPS) is 10.2. The first-order valence-electron chi connectivity index (χ1n) is 3.45. The fraction of sp³-hybridized carbons (Fsp3) is 0.429. The van der Waals surface area contributed by atoms with Crippen LogP contribution in [0.25, 0.3) is 0 Å². The average molecular weight is 249 g/mol. The fourth-order valence-electron chi connectivity index (χ4n) is 0.807. The Balaban J connectivity index is 2.89. The predicted molar refractivity (Wildman–Crippen MR) is 54.6 cm³/mol. The summed E-state index contributed by atoms with van der Waals surface area (Å²) in [6.07, 6.45) is 4.97. The highest BCUT2D eigenvalue weighted by molar-refractivity contribution is 9.10. The Kier molecular flexibility index (Phi) is 3.81. The largest absolute Gasteiger partial charge is 0.299 e. The maximum Gasteiger partial charge on any atom is 0.269 e. The van der Waals surface area contributed by atoms with Gasteiger partial charge in [0.2, 0.25) is 0 Å². The maximum atomic E-state index is 11.2. The number of nitrogens with zero attached hydrogens (tertiary/aromatic N) is 2. The Bertz CT molecular complexity index is 313. The Morgan fingerprint density at radius 2 is 2.42 bits per heavy atom. The molecule has 0 saturated heterocycles. The summed E-state index contributed by atoms with van der Waals surface area (Å²) in [5.41, 5.74) is -0.0570. The minimum absolute atomic E-state index is 0.0570. The predicted octanol–water partition coefficient (Wildman–Crippen LogP) is 1.37. The second-order valence-corrected chi connectivity index (χ2v) is 4.01. The van der Waals surface area contributed by atoms with E-state index in [1.54, 1.807) is 22.5 Å². The molecule has 3 nitrogen and oxygen atoms in total. The highest BCUT2D eigenvalue weighted by Gasteiger charge is 1.99. The second kappa shape index (κ2) is 4.67. The van der Waals surface area contributed by atoms with E-state index in [2.05, 4.69) is 20.9 Å². The van der Waals surface area contributed by atoms with Crippen LogP contribution in [0.15, 0.2) is 21.8 Å². The van der Waals surface area contributed by atoms with Crippen molar-refractivity contribution in [3.63, 3.8) is 0 Å². The van der Waals surface area contributed by atoms with Crippen LogP contribution in [0, 0.1) is 0 Å². The van der Waals surface area contributed by atoms with Crippen LogP contribution < -0.4 is 5.56 Å². The third-order valence-corrected chi connectivity index (χ3v) is 2.63. The van der Waals surface area contributed by atoms with Crippen LogP contribution in [0.1, 0.15) is 0 Å². The minimum atomic E-state index is -0.0570. The lowest BCUT2D eigenvalue weighted by atomic mass is 10.6. The molecule has 66 valence electrons. The zero-order valence-corrected chi connectivity index (χ0v) is 9.06. The molecule has 1 aromatic rings. The minimum Gasteiger partial charge on any atom is -0.299 e. The molecule has 1 aromatic heterocycles. The van der Waals surface area contributed by atoms with Gasteiger partial charge in [-0.2, -0.15) is 11.8 Å². The van der Waals surface area contributed by atoms with Crippen LogP contribution in [0.3, 0.4) is 0 Å². The van der Waals surface area contributed by atoms with Crippen molar-refractivity contribution in [1.82, 2.24) is 9.55 Å². The number of halogens is 1. The van der Waals surface area contributed by atoms with Gasteiger partial charge in [0, 0.05) is 12.3 Å². The SMILES string of the molecule is CSCCn1c(Br)cncc1=O. The van der Waals surface area contributed by atoms with E-state index in [0.717, 1.165) is 16.9 Å². The summed E-state index contributed by atoms with van der Waals surface area (Å²) < 4.78 is 2.40. The maximum absolute atomic E-state index is 11.2. The van der Waals surface area contributed by atoms with Crippen molar-refractivity contribution in [2.45, 2.75) is 6.54 Å². The lowest BCUT2D eigenvalue weighted by Gasteiger charge is -2.04. The van der Waals surface area contributed by atoms with Crippen molar-refractivity contribution in [1.29, 1.82) is 0 Å². The molecule has 0 aromatic carbocycles. The van der Waals surface area contributed by atoms with Gasteiger partial charge in [-0.25, -0.2) is 0 Å². The lowest BCUT2D eigenvalue weighted by molar-refractivity contribution is 0.706. The summed E-state index contributed by atoms with van der Waals surface area (Å²) in [6, 6.07) is 0. The van der Waals surface area contributed by atoms with Gasteiger partial charge in [-0.1, -0.05) is 0 Å². The molecule has 0 radical (unpaired) electrons. The topological polar surface area (TPSA) is 34.9 Å². The first kappa shape index (κ1) is 9.80. The molecule has 0 saturated carbocycles. The van der Waals surface area contributed by atoms with Crippen molar-refractivity contribution >= 4 is 27.7 Å². The van der Waals surface area contributed by atoms with Gasteiger partial charge in [-0.05, 0) is 22.2 Å². The van der Waals surface area contributed by atoms with Gasteiger partial charge in [0.05, 0.1) is 12.4 Å². The molecular formula is C7H9BrN2OS. The number of rotatable bonds is 3. The molecule has 1 rings (SSSR count). The molecule has 0 spiro atoms. The standard InChI is InChI=1S/C7H9BrN2OS/c1-12-3-2-10-6(8)4-9-5-7(10)11/h4-5H,2-3H2,1H3. The van der Waals surface area contributed by atoms with Crippen LogP contribution in [-0.2, 0) is 6.54 Å². The molecule has 0 fully saturated rings. The van der Waals surface area contributed by atoms with Crippen LogP contribution in [-0.4, -0.2) is 21.6 Å². The zero-order chi connectivity index (χ0) is 8.97. The molecule has 0 aliphatic rings. The molecule has 0 atom stereocenters. The van der Waals surface area contributed by atoms with E-state index in [0.29, 0.717) is 0 Å². The van der Waals surface area contributed by atoms with E-state index in [1.165, 1.54) is 6.20 Å². The van der Waals surface area contributed by atoms with E-state index in [9.17, 15) is 4.79 Å². The first-order chi connectivity index (χ1) is 5.75. The van der Waals surface area contributed by atoms with Gasteiger partial charge in [-0.15, -0.1) is 0 Å². The number of aromatic nitrogens is 2. The van der Waals surface area contributed by atoms with Crippen LogP contribution >= 0.6 is 27.7 Å². The Hall–Kier alpha value is -0.290. The van der Waals surface area contributed by atoms with Crippen molar-refractivity contribution < 1.29 is 0 Å². The quantitative estimate of drug-likeness (QED) is 0.811. The second-order valence-electron chi connectivity index (χ2n) is 2.21. The monoisotopic (exact) mass is 248 g/mol. The van der Waals surface area contributed by atoms with Crippen molar-refractivity contribution in [2.24, 2.45) is 0 Å².